The van der Waals surface area contributed by atoms with Crippen LogP contribution in [0.5, 0.6) is 0 Å². The van der Waals surface area contributed by atoms with Crippen LogP contribution in [0.25, 0.3) is 0 Å². The molecule has 3 nitrogen and oxygen atoms in total. The summed E-state index contributed by atoms with van der Waals surface area (Å²) in [5.41, 5.74) is 0.327. The van der Waals surface area contributed by atoms with Crippen LogP contribution in [0.1, 0.15) is 39.2 Å². The molecule has 24 heavy (non-hydrogen) atoms. The minimum atomic E-state index is -0.697. The molecule has 1 aromatic carbocycles. The van der Waals surface area contributed by atoms with Crippen molar-refractivity contribution in [3.8, 4) is 12.3 Å². The van der Waals surface area contributed by atoms with Gasteiger partial charge in [0.1, 0.15) is 0 Å². The second-order valence-corrected chi connectivity index (χ2v) is 7.18. The SMILES string of the molecule is C#CC(C)(OCC(COCC(C)C)N1CCCC1)c1ccccc1. The van der Waals surface area contributed by atoms with Gasteiger partial charge in [-0.05, 0) is 44.3 Å². The minimum absolute atomic E-state index is 0.266. The third-order valence-corrected chi connectivity index (χ3v) is 4.58. The molecule has 1 aliphatic heterocycles. The third kappa shape index (κ3) is 5.34. The van der Waals surface area contributed by atoms with Gasteiger partial charge in [0.05, 0.1) is 19.3 Å². The lowest BCUT2D eigenvalue weighted by Gasteiger charge is -2.32. The molecule has 0 spiro atoms. The molecule has 0 aliphatic carbocycles. The van der Waals surface area contributed by atoms with E-state index in [4.69, 9.17) is 15.9 Å². The average Bonchev–Trinajstić information content (AvgIpc) is 3.12. The first-order valence-corrected chi connectivity index (χ1v) is 9.04. The van der Waals surface area contributed by atoms with Crippen LogP contribution in [0.15, 0.2) is 30.3 Å². The van der Waals surface area contributed by atoms with Crippen molar-refractivity contribution in [1.29, 1.82) is 0 Å². The van der Waals surface area contributed by atoms with Gasteiger partial charge in [0, 0.05) is 6.61 Å². The summed E-state index contributed by atoms with van der Waals surface area (Å²) in [5, 5.41) is 0. The molecule has 132 valence electrons. The van der Waals surface area contributed by atoms with Crippen LogP contribution >= 0.6 is 0 Å². The van der Waals surface area contributed by atoms with E-state index in [0.29, 0.717) is 19.1 Å². The Hall–Kier alpha value is -1.34. The van der Waals surface area contributed by atoms with E-state index in [-0.39, 0.29) is 6.04 Å². The van der Waals surface area contributed by atoms with Gasteiger partial charge in [0.15, 0.2) is 5.60 Å². The Kier molecular flexibility index (Phi) is 7.30. The van der Waals surface area contributed by atoms with Crippen LogP contribution < -0.4 is 0 Å². The van der Waals surface area contributed by atoms with Crippen molar-refractivity contribution in [2.75, 3.05) is 32.9 Å². The second-order valence-electron chi connectivity index (χ2n) is 7.18. The summed E-state index contributed by atoms with van der Waals surface area (Å²) in [6.45, 7) is 10.6. The van der Waals surface area contributed by atoms with Gasteiger partial charge in [-0.25, -0.2) is 0 Å². The van der Waals surface area contributed by atoms with Gasteiger partial charge in [-0.15, -0.1) is 6.42 Å². The van der Waals surface area contributed by atoms with Gasteiger partial charge in [0.25, 0.3) is 0 Å². The fourth-order valence-corrected chi connectivity index (χ4v) is 3.03. The maximum absolute atomic E-state index is 6.24. The highest BCUT2D eigenvalue weighted by Gasteiger charge is 2.29. The average molecular weight is 329 g/mol. The van der Waals surface area contributed by atoms with Gasteiger partial charge in [0.2, 0.25) is 0 Å². The summed E-state index contributed by atoms with van der Waals surface area (Å²) >= 11 is 0. The minimum Gasteiger partial charge on any atom is -0.379 e. The Balaban J connectivity index is 1.98. The summed E-state index contributed by atoms with van der Waals surface area (Å²) in [4.78, 5) is 2.47. The summed E-state index contributed by atoms with van der Waals surface area (Å²) in [7, 11) is 0. The quantitative estimate of drug-likeness (QED) is 0.645. The highest BCUT2D eigenvalue weighted by Crippen LogP contribution is 2.25. The number of benzene rings is 1. The van der Waals surface area contributed by atoms with Crippen molar-refractivity contribution < 1.29 is 9.47 Å². The lowest BCUT2D eigenvalue weighted by molar-refractivity contribution is -0.0459. The van der Waals surface area contributed by atoms with Crippen molar-refractivity contribution in [3.63, 3.8) is 0 Å². The molecular formula is C21H31NO2. The van der Waals surface area contributed by atoms with Gasteiger partial charge >= 0.3 is 0 Å². The van der Waals surface area contributed by atoms with E-state index in [9.17, 15) is 0 Å². The van der Waals surface area contributed by atoms with Crippen LogP contribution in [0.4, 0.5) is 0 Å². The highest BCUT2D eigenvalue weighted by molar-refractivity contribution is 5.29. The highest BCUT2D eigenvalue weighted by atomic mass is 16.5. The monoisotopic (exact) mass is 329 g/mol. The molecule has 0 bridgehead atoms. The second kappa shape index (κ2) is 9.22. The Morgan fingerprint density at radius 1 is 1.12 bits per heavy atom. The van der Waals surface area contributed by atoms with E-state index in [2.05, 4.69) is 24.7 Å². The summed E-state index contributed by atoms with van der Waals surface area (Å²) in [5.74, 6) is 3.38. The number of likely N-dealkylation sites (tertiary alicyclic amines) is 1. The number of nitrogens with zero attached hydrogens (tertiary/aromatic N) is 1. The largest absolute Gasteiger partial charge is 0.379 e. The normalized spacial score (nSPS) is 19.1. The predicted octanol–water partition coefficient (Wildman–Crippen LogP) is 3.69. The van der Waals surface area contributed by atoms with Crippen LogP contribution in [0.2, 0.25) is 0 Å². The molecule has 0 aromatic heterocycles. The van der Waals surface area contributed by atoms with Gasteiger partial charge in [-0.3, -0.25) is 4.90 Å². The number of terminal acetylenes is 1. The molecule has 0 radical (unpaired) electrons. The Labute approximate surface area is 147 Å². The molecule has 1 aromatic rings. The van der Waals surface area contributed by atoms with Crippen molar-refractivity contribution in [2.24, 2.45) is 5.92 Å². The lowest BCUT2D eigenvalue weighted by Crippen LogP contribution is -2.42. The van der Waals surface area contributed by atoms with Crippen molar-refractivity contribution in [2.45, 2.75) is 45.3 Å². The molecule has 2 atom stereocenters. The summed E-state index contributed by atoms with van der Waals surface area (Å²) in [6.07, 6.45) is 8.31. The van der Waals surface area contributed by atoms with Crippen LogP contribution in [0, 0.1) is 18.3 Å². The molecule has 2 rings (SSSR count). The van der Waals surface area contributed by atoms with Crippen molar-refractivity contribution in [3.05, 3.63) is 35.9 Å². The molecule has 1 fully saturated rings. The molecule has 3 heteroatoms. The molecular weight excluding hydrogens is 298 g/mol. The topological polar surface area (TPSA) is 21.7 Å². The first-order chi connectivity index (χ1) is 11.5. The van der Waals surface area contributed by atoms with E-state index in [1.54, 1.807) is 0 Å². The molecule has 1 saturated heterocycles. The van der Waals surface area contributed by atoms with E-state index < -0.39 is 5.60 Å². The Morgan fingerprint density at radius 2 is 1.79 bits per heavy atom. The van der Waals surface area contributed by atoms with Gasteiger partial charge < -0.3 is 9.47 Å². The third-order valence-electron chi connectivity index (χ3n) is 4.58. The van der Waals surface area contributed by atoms with Crippen LogP contribution in [-0.2, 0) is 15.1 Å². The first-order valence-electron chi connectivity index (χ1n) is 9.04. The molecule has 1 aliphatic rings. The smallest absolute Gasteiger partial charge is 0.151 e. The first kappa shape index (κ1) is 19.0. The van der Waals surface area contributed by atoms with Crippen LogP contribution in [0.3, 0.4) is 0 Å². The maximum atomic E-state index is 6.24. The zero-order chi connectivity index (χ0) is 17.4. The molecule has 1 heterocycles. The molecule has 0 amide bonds. The van der Waals surface area contributed by atoms with Crippen molar-refractivity contribution >= 4 is 0 Å². The standard InChI is InChI=1S/C21H31NO2/c1-5-21(4,19-11-7-6-8-12-19)24-17-20(16-23-15-18(2)3)22-13-9-10-14-22/h1,6-8,11-12,18,20H,9-10,13-17H2,2-4H3. The lowest BCUT2D eigenvalue weighted by atomic mass is 9.97. The van der Waals surface area contributed by atoms with E-state index in [1.165, 1.54) is 12.8 Å². The Morgan fingerprint density at radius 3 is 2.38 bits per heavy atom. The number of hydrogen-bond donors (Lipinski definition) is 0. The maximum Gasteiger partial charge on any atom is 0.151 e. The number of ether oxygens (including phenoxy) is 2. The summed E-state index contributed by atoms with van der Waals surface area (Å²) in [6, 6.07) is 10.3. The fraction of sp³-hybridized carbons (Fsp3) is 0.619. The predicted molar refractivity (Wildman–Crippen MR) is 98.8 cm³/mol. The fourth-order valence-electron chi connectivity index (χ4n) is 3.03. The van der Waals surface area contributed by atoms with Gasteiger partial charge in [-0.1, -0.05) is 50.1 Å². The Bertz CT molecular complexity index is 516. The van der Waals surface area contributed by atoms with Gasteiger partial charge in [-0.2, -0.15) is 0 Å². The number of hydrogen-bond acceptors (Lipinski definition) is 3. The molecule has 0 N–H and O–H groups in total. The summed E-state index contributed by atoms with van der Waals surface area (Å²) < 4.78 is 12.1. The zero-order valence-electron chi connectivity index (χ0n) is 15.3. The van der Waals surface area contributed by atoms with E-state index in [0.717, 1.165) is 25.3 Å². The van der Waals surface area contributed by atoms with Crippen LogP contribution in [-0.4, -0.2) is 43.9 Å². The molecule has 0 saturated carbocycles. The zero-order valence-corrected chi connectivity index (χ0v) is 15.3. The van der Waals surface area contributed by atoms with E-state index >= 15 is 0 Å². The molecule has 2 unspecified atom stereocenters. The number of rotatable bonds is 9. The van der Waals surface area contributed by atoms with E-state index in [1.807, 2.05) is 37.3 Å². The van der Waals surface area contributed by atoms with Crippen molar-refractivity contribution in [1.82, 2.24) is 4.90 Å².